The van der Waals surface area contributed by atoms with Crippen molar-refractivity contribution in [2.24, 2.45) is 0 Å². The number of hydrogen-bond acceptors (Lipinski definition) is 2. The Balaban J connectivity index is 2.85. The molecule has 1 heterocycles. The molecule has 1 aromatic carbocycles. The fraction of sp³-hybridized carbons (Fsp3) is 0.0909. The molecule has 0 radical (unpaired) electrons. The fourth-order valence-electron chi connectivity index (χ4n) is 1.54. The van der Waals surface area contributed by atoms with Gasteiger partial charge in [-0.3, -0.25) is 4.98 Å². The second-order valence-electron chi connectivity index (χ2n) is 3.11. The molecule has 1 N–H and O–H groups in total. The number of pyridine rings is 1. The van der Waals surface area contributed by atoms with Gasteiger partial charge in [-0.1, -0.05) is 34.1 Å². The first kappa shape index (κ1) is 10.1. The van der Waals surface area contributed by atoms with E-state index in [0.717, 1.165) is 0 Å². The van der Waals surface area contributed by atoms with E-state index in [0.29, 0.717) is 27.4 Å². The molecule has 0 aliphatic carbocycles. The van der Waals surface area contributed by atoms with Crippen LogP contribution in [0.25, 0.3) is 10.9 Å². The summed E-state index contributed by atoms with van der Waals surface area (Å²) in [4.78, 5) is 15.3. The predicted octanol–water partition coefficient (Wildman–Crippen LogP) is 2.83. The maximum absolute atomic E-state index is 11.1. The molecule has 0 saturated heterocycles. The lowest BCUT2D eigenvalue weighted by Crippen LogP contribution is -2.03. The molecule has 0 atom stereocenters. The zero-order chi connectivity index (χ0) is 10.8. The molecule has 0 saturated carbocycles. The van der Waals surface area contributed by atoms with Crippen molar-refractivity contribution in [1.29, 1.82) is 0 Å². The Morgan fingerprint density at radius 1 is 1.40 bits per heavy atom. The van der Waals surface area contributed by atoms with Gasteiger partial charge in [0.05, 0.1) is 11.1 Å². The first-order valence-electron chi connectivity index (χ1n) is 4.40. The summed E-state index contributed by atoms with van der Waals surface area (Å²) in [5.41, 5.74) is 1.73. The fourth-order valence-corrected chi connectivity index (χ4v) is 1.96. The summed E-state index contributed by atoms with van der Waals surface area (Å²) in [5, 5.41) is 10.3. The average molecular weight is 266 g/mol. The van der Waals surface area contributed by atoms with Crippen molar-refractivity contribution in [3.63, 3.8) is 0 Å². The van der Waals surface area contributed by atoms with Crippen molar-refractivity contribution in [3.05, 3.63) is 41.6 Å². The number of alkyl halides is 1. The molecular formula is C11H8BrNO2. The van der Waals surface area contributed by atoms with Gasteiger partial charge in [0.15, 0.2) is 0 Å². The maximum atomic E-state index is 11.1. The standard InChI is InChI=1S/C11H8BrNO2/c12-5-7-6-13-9-4-2-1-3-8(9)10(7)11(14)15/h1-4,6H,5H2,(H,14,15). The van der Waals surface area contributed by atoms with Crippen LogP contribution in [0.3, 0.4) is 0 Å². The number of halogens is 1. The first-order valence-corrected chi connectivity index (χ1v) is 5.52. The van der Waals surface area contributed by atoms with Crippen molar-refractivity contribution >= 4 is 32.8 Å². The van der Waals surface area contributed by atoms with Crippen LogP contribution in [0.15, 0.2) is 30.5 Å². The minimum atomic E-state index is -0.914. The van der Waals surface area contributed by atoms with E-state index < -0.39 is 5.97 Å². The van der Waals surface area contributed by atoms with E-state index in [4.69, 9.17) is 5.11 Å². The van der Waals surface area contributed by atoms with E-state index >= 15 is 0 Å². The molecule has 0 spiro atoms. The molecule has 76 valence electrons. The Bertz CT molecular complexity index is 525. The Morgan fingerprint density at radius 3 is 2.80 bits per heavy atom. The summed E-state index contributed by atoms with van der Waals surface area (Å²) in [6.45, 7) is 0. The lowest BCUT2D eigenvalue weighted by Gasteiger charge is -2.05. The second-order valence-corrected chi connectivity index (χ2v) is 3.68. The smallest absolute Gasteiger partial charge is 0.336 e. The van der Waals surface area contributed by atoms with Gasteiger partial charge in [0.1, 0.15) is 0 Å². The zero-order valence-corrected chi connectivity index (χ0v) is 9.36. The molecule has 15 heavy (non-hydrogen) atoms. The van der Waals surface area contributed by atoms with Crippen LogP contribution in [0.4, 0.5) is 0 Å². The molecule has 1 aromatic heterocycles. The zero-order valence-electron chi connectivity index (χ0n) is 7.77. The molecule has 0 unspecified atom stereocenters. The highest BCUT2D eigenvalue weighted by molar-refractivity contribution is 9.08. The number of carbonyl (C=O) groups is 1. The summed E-state index contributed by atoms with van der Waals surface area (Å²) in [6, 6.07) is 7.24. The SMILES string of the molecule is O=C(O)c1c(CBr)cnc2ccccc12. The molecule has 3 nitrogen and oxygen atoms in total. The number of aromatic nitrogens is 1. The number of carboxylic acid groups (broad SMARTS) is 1. The third-order valence-electron chi connectivity index (χ3n) is 2.21. The van der Waals surface area contributed by atoms with Crippen LogP contribution in [-0.4, -0.2) is 16.1 Å². The number of carboxylic acids is 1. The van der Waals surface area contributed by atoms with Gasteiger partial charge in [-0.2, -0.15) is 0 Å². The summed E-state index contributed by atoms with van der Waals surface area (Å²) in [7, 11) is 0. The summed E-state index contributed by atoms with van der Waals surface area (Å²) in [5.74, 6) is -0.914. The van der Waals surface area contributed by atoms with Crippen LogP contribution >= 0.6 is 15.9 Å². The van der Waals surface area contributed by atoms with E-state index in [9.17, 15) is 4.79 Å². The highest BCUT2D eigenvalue weighted by Crippen LogP contribution is 2.21. The van der Waals surface area contributed by atoms with E-state index in [1.807, 2.05) is 12.1 Å². The molecule has 0 aliphatic rings. The lowest BCUT2D eigenvalue weighted by atomic mass is 10.1. The quantitative estimate of drug-likeness (QED) is 0.850. The van der Waals surface area contributed by atoms with Crippen LogP contribution in [0.1, 0.15) is 15.9 Å². The van der Waals surface area contributed by atoms with Gasteiger partial charge < -0.3 is 5.11 Å². The van der Waals surface area contributed by atoms with Gasteiger partial charge in [-0.05, 0) is 11.6 Å². The van der Waals surface area contributed by atoms with Crippen LogP contribution in [0.5, 0.6) is 0 Å². The molecule has 0 bridgehead atoms. The van der Waals surface area contributed by atoms with Crippen LogP contribution < -0.4 is 0 Å². The first-order chi connectivity index (χ1) is 7.24. The Hall–Kier alpha value is -1.42. The van der Waals surface area contributed by atoms with Crippen LogP contribution in [-0.2, 0) is 5.33 Å². The number of fused-ring (bicyclic) bond motifs is 1. The lowest BCUT2D eigenvalue weighted by molar-refractivity contribution is 0.0698. The van der Waals surface area contributed by atoms with Gasteiger partial charge in [-0.25, -0.2) is 4.79 Å². The minimum Gasteiger partial charge on any atom is -0.478 e. The Labute approximate surface area is 94.9 Å². The van der Waals surface area contributed by atoms with E-state index in [2.05, 4.69) is 20.9 Å². The van der Waals surface area contributed by atoms with Crippen molar-refractivity contribution in [3.8, 4) is 0 Å². The monoisotopic (exact) mass is 265 g/mol. The number of benzene rings is 1. The van der Waals surface area contributed by atoms with Crippen LogP contribution in [0.2, 0.25) is 0 Å². The third-order valence-corrected chi connectivity index (χ3v) is 2.82. The number of para-hydroxylation sites is 1. The molecule has 2 rings (SSSR count). The Kier molecular flexibility index (Phi) is 2.68. The topological polar surface area (TPSA) is 50.2 Å². The molecule has 4 heteroatoms. The molecule has 0 fully saturated rings. The van der Waals surface area contributed by atoms with Gasteiger partial charge in [-0.15, -0.1) is 0 Å². The Morgan fingerprint density at radius 2 is 2.13 bits per heavy atom. The van der Waals surface area contributed by atoms with Crippen molar-refractivity contribution in [2.45, 2.75) is 5.33 Å². The summed E-state index contributed by atoms with van der Waals surface area (Å²) >= 11 is 3.26. The normalized spacial score (nSPS) is 10.5. The molecule has 2 aromatic rings. The summed E-state index contributed by atoms with van der Waals surface area (Å²) < 4.78 is 0. The van der Waals surface area contributed by atoms with Gasteiger partial charge in [0.2, 0.25) is 0 Å². The number of nitrogens with zero attached hydrogens (tertiary/aromatic N) is 1. The minimum absolute atomic E-state index is 0.331. The number of hydrogen-bond donors (Lipinski definition) is 1. The van der Waals surface area contributed by atoms with Gasteiger partial charge in [0.25, 0.3) is 0 Å². The maximum Gasteiger partial charge on any atom is 0.336 e. The van der Waals surface area contributed by atoms with Gasteiger partial charge >= 0.3 is 5.97 Å². The van der Waals surface area contributed by atoms with Crippen LogP contribution in [0, 0.1) is 0 Å². The largest absolute Gasteiger partial charge is 0.478 e. The molecular weight excluding hydrogens is 258 g/mol. The molecule has 0 aliphatic heterocycles. The highest BCUT2D eigenvalue weighted by atomic mass is 79.9. The predicted molar refractivity (Wildman–Crippen MR) is 61.3 cm³/mol. The van der Waals surface area contributed by atoms with Crippen molar-refractivity contribution in [2.75, 3.05) is 0 Å². The highest BCUT2D eigenvalue weighted by Gasteiger charge is 2.13. The van der Waals surface area contributed by atoms with Crippen molar-refractivity contribution in [1.82, 2.24) is 4.98 Å². The van der Waals surface area contributed by atoms with E-state index in [1.54, 1.807) is 18.3 Å². The molecule has 0 amide bonds. The number of rotatable bonds is 2. The van der Waals surface area contributed by atoms with E-state index in [-0.39, 0.29) is 0 Å². The van der Waals surface area contributed by atoms with Crippen molar-refractivity contribution < 1.29 is 9.90 Å². The number of aromatic carboxylic acids is 1. The van der Waals surface area contributed by atoms with E-state index in [1.165, 1.54) is 0 Å². The summed E-state index contributed by atoms with van der Waals surface area (Å²) in [6.07, 6.45) is 1.60. The second kappa shape index (κ2) is 3.98. The van der Waals surface area contributed by atoms with Gasteiger partial charge in [0, 0.05) is 16.9 Å². The average Bonchev–Trinajstić information content (AvgIpc) is 2.27. The third kappa shape index (κ3) is 1.72.